The van der Waals surface area contributed by atoms with Crippen LogP contribution in [0.4, 0.5) is 5.69 Å². The van der Waals surface area contributed by atoms with Crippen molar-refractivity contribution in [3.63, 3.8) is 0 Å². The third kappa shape index (κ3) is 5.97. The molecule has 3 N–H and O–H groups in total. The quantitative estimate of drug-likeness (QED) is 0.831. The largest absolute Gasteiger partial charge is 0.327 e. The highest BCUT2D eigenvalue weighted by molar-refractivity contribution is 5.90. The molecule has 1 aromatic heterocycles. The van der Waals surface area contributed by atoms with E-state index in [2.05, 4.69) is 36.1 Å². The third-order valence-electron chi connectivity index (χ3n) is 2.17. The summed E-state index contributed by atoms with van der Waals surface area (Å²) in [5.74, 6) is -0.100. The van der Waals surface area contributed by atoms with Crippen molar-refractivity contribution in [2.75, 3.05) is 5.32 Å². The van der Waals surface area contributed by atoms with E-state index in [9.17, 15) is 4.79 Å². The topological polar surface area (TPSA) is 80.9 Å². The molecule has 5 nitrogen and oxygen atoms in total. The SMILES string of the molecule is CC(C)(C)CC(N)CC(=O)Nc1cncnc1. The highest BCUT2D eigenvalue weighted by Crippen LogP contribution is 2.21. The van der Waals surface area contributed by atoms with E-state index in [4.69, 9.17) is 5.73 Å². The summed E-state index contributed by atoms with van der Waals surface area (Å²) in [7, 11) is 0. The van der Waals surface area contributed by atoms with Crippen LogP contribution < -0.4 is 11.1 Å². The number of hydrogen-bond acceptors (Lipinski definition) is 4. The first-order valence-electron chi connectivity index (χ1n) is 5.67. The molecule has 0 aromatic carbocycles. The van der Waals surface area contributed by atoms with Gasteiger partial charge in [0.15, 0.2) is 0 Å². The maximum Gasteiger partial charge on any atom is 0.226 e. The van der Waals surface area contributed by atoms with Crippen LogP contribution in [0.3, 0.4) is 0 Å². The minimum absolute atomic E-state index is 0.100. The van der Waals surface area contributed by atoms with Crippen LogP contribution in [0.2, 0.25) is 0 Å². The van der Waals surface area contributed by atoms with Crippen molar-refractivity contribution in [2.24, 2.45) is 11.1 Å². The second kappa shape index (κ2) is 5.72. The van der Waals surface area contributed by atoms with Gasteiger partial charge in [-0.25, -0.2) is 9.97 Å². The molecule has 0 fully saturated rings. The van der Waals surface area contributed by atoms with Gasteiger partial charge in [-0.1, -0.05) is 20.8 Å². The van der Waals surface area contributed by atoms with Gasteiger partial charge in [-0.2, -0.15) is 0 Å². The zero-order valence-corrected chi connectivity index (χ0v) is 10.6. The van der Waals surface area contributed by atoms with Crippen LogP contribution in [0, 0.1) is 5.41 Å². The van der Waals surface area contributed by atoms with Crippen molar-refractivity contribution >= 4 is 11.6 Å². The van der Waals surface area contributed by atoms with Crippen LogP contribution in [0.5, 0.6) is 0 Å². The van der Waals surface area contributed by atoms with E-state index in [1.165, 1.54) is 6.33 Å². The van der Waals surface area contributed by atoms with Crippen LogP contribution in [0.25, 0.3) is 0 Å². The summed E-state index contributed by atoms with van der Waals surface area (Å²) in [6.07, 6.45) is 5.65. The monoisotopic (exact) mass is 236 g/mol. The van der Waals surface area contributed by atoms with Crippen LogP contribution in [0.1, 0.15) is 33.6 Å². The fourth-order valence-electron chi connectivity index (χ4n) is 1.67. The Balaban J connectivity index is 2.40. The van der Waals surface area contributed by atoms with Gasteiger partial charge >= 0.3 is 0 Å². The molecule has 0 aliphatic heterocycles. The average Bonchev–Trinajstić information content (AvgIpc) is 2.15. The molecule has 1 amide bonds. The summed E-state index contributed by atoms with van der Waals surface area (Å²) >= 11 is 0. The Morgan fingerprint density at radius 3 is 2.53 bits per heavy atom. The summed E-state index contributed by atoms with van der Waals surface area (Å²) in [5, 5.41) is 2.71. The van der Waals surface area contributed by atoms with Gasteiger partial charge in [0.25, 0.3) is 0 Å². The Bertz CT molecular complexity index is 359. The number of amides is 1. The Labute approximate surface area is 102 Å². The van der Waals surface area contributed by atoms with E-state index in [1.54, 1.807) is 12.4 Å². The van der Waals surface area contributed by atoms with Crippen molar-refractivity contribution in [3.8, 4) is 0 Å². The first-order valence-corrected chi connectivity index (χ1v) is 5.67. The molecule has 17 heavy (non-hydrogen) atoms. The van der Waals surface area contributed by atoms with Gasteiger partial charge in [-0.3, -0.25) is 4.79 Å². The number of carbonyl (C=O) groups is 1. The molecular formula is C12H20N4O. The zero-order valence-electron chi connectivity index (χ0n) is 10.6. The molecular weight excluding hydrogens is 216 g/mol. The van der Waals surface area contributed by atoms with Gasteiger partial charge < -0.3 is 11.1 Å². The summed E-state index contributed by atoms with van der Waals surface area (Å²) in [6, 6.07) is -0.125. The fraction of sp³-hybridized carbons (Fsp3) is 0.583. The van der Waals surface area contributed by atoms with E-state index >= 15 is 0 Å². The van der Waals surface area contributed by atoms with Crippen molar-refractivity contribution in [1.29, 1.82) is 0 Å². The Kier molecular flexibility index (Phi) is 4.57. The lowest BCUT2D eigenvalue weighted by atomic mass is 9.87. The number of aromatic nitrogens is 2. The molecule has 0 bridgehead atoms. The predicted molar refractivity (Wildman–Crippen MR) is 67.3 cm³/mol. The molecule has 94 valence electrons. The van der Waals surface area contributed by atoms with Gasteiger partial charge in [0.1, 0.15) is 6.33 Å². The number of nitrogens with one attached hydrogen (secondary N) is 1. The van der Waals surface area contributed by atoms with E-state index in [1.807, 2.05) is 0 Å². The van der Waals surface area contributed by atoms with E-state index < -0.39 is 0 Å². The van der Waals surface area contributed by atoms with Crippen molar-refractivity contribution in [1.82, 2.24) is 9.97 Å². The first-order chi connectivity index (χ1) is 7.87. The van der Waals surface area contributed by atoms with Crippen molar-refractivity contribution in [2.45, 2.75) is 39.7 Å². The molecule has 0 saturated heterocycles. The molecule has 1 unspecified atom stereocenters. The lowest BCUT2D eigenvalue weighted by Gasteiger charge is -2.22. The van der Waals surface area contributed by atoms with Crippen LogP contribution in [0.15, 0.2) is 18.7 Å². The molecule has 0 aliphatic rings. The van der Waals surface area contributed by atoms with Crippen LogP contribution in [-0.4, -0.2) is 21.9 Å². The molecule has 1 heterocycles. The summed E-state index contributed by atoms with van der Waals surface area (Å²) in [6.45, 7) is 6.32. The summed E-state index contributed by atoms with van der Waals surface area (Å²) in [5.41, 5.74) is 6.65. The molecule has 5 heteroatoms. The molecule has 0 spiro atoms. The second-order valence-electron chi connectivity index (χ2n) is 5.40. The zero-order chi connectivity index (χ0) is 12.9. The average molecular weight is 236 g/mol. The predicted octanol–water partition coefficient (Wildman–Crippen LogP) is 1.57. The molecule has 0 radical (unpaired) electrons. The molecule has 1 aromatic rings. The van der Waals surface area contributed by atoms with Gasteiger partial charge in [-0.05, 0) is 11.8 Å². The Morgan fingerprint density at radius 2 is 2.00 bits per heavy atom. The highest BCUT2D eigenvalue weighted by atomic mass is 16.1. The minimum atomic E-state index is -0.125. The molecule has 1 rings (SSSR count). The van der Waals surface area contributed by atoms with Gasteiger partial charge in [0.2, 0.25) is 5.91 Å². The minimum Gasteiger partial charge on any atom is -0.327 e. The summed E-state index contributed by atoms with van der Waals surface area (Å²) in [4.78, 5) is 19.3. The van der Waals surface area contributed by atoms with Gasteiger partial charge in [-0.15, -0.1) is 0 Å². The number of rotatable bonds is 4. The van der Waals surface area contributed by atoms with Gasteiger partial charge in [0.05, 0.1) is 18.1 Å². The second-order valence-corrected chi connectivity index (χ2v) is 5.40. The van der Waals surface area contributed by atoms with E-state index in [0.29, 0.717) is 12.1 Å². The maximum absolute atomic E-state index is 11.7. The normalized spacial score (nSPS) is 13.2. The third-order valence-corrected chi connectivity index (χ3v) is 2.17. The molecule has 1 atom stereocenters. The Morgan fingerprint density at radius 1 is 1.41 bits per heavy atom. The fourth-order valence-corrected chi connectivity index (χ4v) is 1.67. The van der Waals surface area contributed by atoms with Crippen molar-refractivity contribution in [3.05, 3.63) is 18.7 Å². The number of carbonyl (C=O) groups excluding carboxylic acids is 1. The maximum atomic E-state index is 11.7. The van der Waals surface area contributed by atoms with E-state index in [-0.39, 0.29) is 17.4 Å². The lowest BCUT2D eigenvalue weighted by molar-refractivity contribution is -0.116. The van der Waals surface area contributed by atoms with E-state index in [0.717, 1.165) is 6.42 Å². The molecule has 0 saturated carbocycles. The van der Waals surface area contributed by atoms with Gasteiger partial charge in [0, 0.05) is 12.5 Å². The smallest absolute Gasteiger partial charge is 0.226 e. The standard InChI is InChI=1S/C12H20N4O/c1-12(2,3)5-9(13)4-11(17)16-10-6-14-8-15-7-10/h6-9H,4-5,13H2,1-3H3,(H,16,17). The van der Waals surface area contributed by atoms with Crippen LogP contribution in [-0.2, 0) is 4.79 Å². The van der Waals surface area contributed by atoms with Crippen molar-refractivity contribution < 1.29 is 4.79 Å². The van der Waals surface area contributed by atoms with Crippen LogP contribution >= 0.6 is 0 Å². The number of nitrogens with zero attached hydrogens (tertiary/aromatic N) is 2. The number of anilines is 1. The highest BCUT2D eigenvalue weighted by Gasteiger charge is 2.18. The lowest BCUT2D eigenvalue weighted by Crippen LogP contribution is -2.31. The Hall–Kier alpha value is -1.49. The molecule has 0 aliphatic carbocycles. The number of nitrogens with two attached hydrogens (primary N) is 1. The summed E-state index contributed by atoms with van der Waals surface area (Å²) < 4.78 is 0. The number of hydrogen-bond donors (Lipinski definition) is 2. The first kappa shape index (κ1) is 13.6.